The monoisotopic (exact) mass is 360 g/mol. The van der Waals surface area contributed by atoms with Gasteiger partial charge in [0, 0.05) is 43.0 Å². The van der Waals surface area contributed by atoms with Crippen LogP contribution in [0.5, 0.6) is 5.75 Å². The van der Waals surface area contributed by atoms with Gasteiger partial charge in [0.15, 0.2) is 0 Å². The molecule has 1 amide bonds. The first-order valence-electron chi connectivity index (χ1n) is 8.76. The molecule has 1 aliphatic heterocycles. The van der Waals surface area contributed by atoms with Gasteiger partial charge >= 0.3 is 0 Å². The number of aromatic hydroxyl groups is 1. The number of hydrogen-bond donors (Lipinski definition) is 2. The molecule has 0 aromatic heterocycles. The van der Waals surface area contributed by atoms with E-state index in [2.05, 4.69) is 10.2 Å². The van der Waals surface area contributed by atoms with E-state index in [1.165, 1.54) is 0 Å². The zero-order chi connectivity index (χ0) is 18.7. The van der Waals surface area contributed by atoms with Crippen molar-refractivity contribution < 1.29 is 18.7 Å². The maximum Gasteiger partial charge on any atom is 0.253 e. The standard InChI is InChI=1S/C20H22F2N2O2/c1-13-4-5-19(24-8-2-3-9-24)16(10-13)20(26)23-7-6-15-17(21)11-14(25)12-18(15)22/h4-5,10-12,25H,2-3,6-9H2,1H3,(H,23,26). The van der Waals surface area contributed by atoms with Crippen LogP contribution in [0.1, 0.15) is 34.3 Å². The number of benzene rings is 2. The van der Waals surface area contributed by atoms with Gasteiger partial charge < -0.3 is 15.3 Å². The summed E-state index contributed by atoms with van der Waals surface area (Å²) in [6, 6.07) is 7.50. The number of nitrogens with one attached hydrogen (secondary N) is 1. The Balaban J connectivity index is 1.70. The van der Waals surface area contributed by atoms with Gasteiger partial charge in [-0.2, -0.15) is 0 Å². The fraction of sp³-hybridized carbons (Fsp3) is 0.350. The average molecular weight is 360 g/mol. The lowest BCUT2D eigenvalue weighted by molar-refractivity contribution is 0.0954. The van der Waals surface area contributed by atoms with Crippen LogP contribution in [0.2, 0.25) is 0 Å². The van der Waals surface area contributed by atoms with E-state index in [0.717, 1.165) is 49.3 Å². The molecule has 1 saturated heterocycles. The molecule has 6 heteroatoms. The normalized spacial score (nSPS) is 13.9. The highest BCUT2D eigenvalue weighted by molar-refractivity contribution is 6.00. The predicted molar refractivity (Wildman–Crippen MR) is 96.7 cm³/mol. The summed E-state index contributed by atoms with van der Waals surface area (Å²) in [6.07, 6.45) is 2.22. The molecule has 0 radical (unpaired) electrons. The van der Waals surface area contributed by atoms with Gasteiger partial charge in [-0.3, -0.25) is 4.79 Å². The Kier molecular flexibility index (Phi) is 5.40. The average Bonchev–Trinajstić information content (AvgIpc) is 3.11. The van der Waals surface area contributed by atoms with Crippen molar-refractivity contribution in [2.45, 2.75) is 26.2 Å². The summed E-state index contributed by atoms with van der Waals surface area (Å²) in [7, 11) is 0. The number of phenolic OH excluding ortho intramolecular Hbond substituents is 1. The van der Waals surface area contributed by atoms with Crippen molar-refractivity contribution in [2.24, 2.45) is 0 Å². The summed E-state index contributed by atoms with van der Waals surface area (Å²) in [5.41, 5.74) is 2.31. The van der Waals surface area contributed by atoms with Crippen LogP contribution in [0.3, 0.4) is 0 Å². The molecular weight excluding hydrogens is 338 g/mol. The SMILES string of the molecule is Cc1ccc(N2CCCC2)c(C(=O)NCCc2c(F)cc(O)cc2F)c1. The van der Waals surface area contributed by atoms with Crippen LogP contribution in [0.15, 0.2) is 30.3 Å². The molecule has 0 saturated carbocycles. The van der Waals surface area contributed by atoms with E-state index in [-0.39, 0.29) is 24.4 Å². The Hall–Kier alpha value is -2.63. The first kappa shape index (κ1) is 18.2. The third kappa shape index (κ3) is 3.95. The third-order valence-electron chi connectivity index (χ3n) is 4.63. The van der Waals surface area contributed by atoms with Gasteiger partial charge in [0.2, 0.25) is 0 Å². The van der Waals surface area contributed by atoms with Crippen molar-refractivity contribution in [2.75, 3.05) is 24.5 Å². The van der Waals surface area contributed by atoms with E-state index in [0.29, 0.717) is 5.56 Å². The van der Waals surface area contributed by atoms with Crippen molar-refractivity contribution >= 4 is 11.6 Å². The molecule has 2 N–H and O–H groups in total. The maximum atomic E-state index is 13.8. The van der Waals surface area contributed by atoms with Crippen molar-refractivity contribution in [1.29, 1.82) is 0 Å². The Morgan fingerprint density at radius 3 is 2.46 bits per heavy atom. The molecule has 0 bridgehead atoms. The van der Waals surface area contributed by atoms with E-state index in [9.17, 15) is 18.7 Å². The maximum absolute atomic E-state index is 13.8. The number of aryl methyl sites for hydroxylation is 1. The molecule has 1 aliphatic rings. The summed E-state index contributed by atoms with van der Waals surface area (Å²) in [5.74, 6) is -2.34. The molecular formula is C20H22F2N2O2. The molecule has 138 valence electrons. The van der Waals surface area contributed by atoms with Crippen molar-refractivity contribution in [3.05, 3.63) is 58.7 Å². The lowest BCUT2D eigenvalue weighted by Crippen LogP contribution is -2.29. The molecule has 0 aliphatic carbocycles. The van der Waals surface area contributed by atoms with E-state index in [4.69, 9.17) is 0 Å². The number of rotatable bonds is 5. The summed E-state index contributed by atoms with van der Waals surface area (Å²) in [5, 5.41) is 11.9. The highest BCUT2D eigenvalue weighted by Crippen LogP contribution is 2.26. The fourth-order valence-corrected chi connectivity index (χ4v) is 3.29. The largest absolute Gasteiger partial charge is 0.508 e. The van der Waals surface area contributed by atoms with Gasteiger partial charge in [-0.05, 0) is 38.3 Å². The summed E-state index contributed by atoms with van der Waals surface area (Å²) in [4.78, 5) is 14.8. The Bertz CT molecular complexity index is 794. The number of nitrogens with zero attached hydrogens (tertiary/aromatic N) is 1. The number of halogens is 2. The first-order chi connectivity index (χ1) is 12.5. The highest BCUT2D eigenvalue weighted by Gasteiger charge is 2.20. The smallest absolute Gasteiger partial charge is 0.253 e. The number of hydrogen-bond acceptors (Lipinski definition) is 3. The lowest BCUT2D eigenvalue weighted by atomic mass is 10.1. The highest BCUT2D eigenvalue weighted by atomic mass is 19.1. The molecule has 4 nitrogen and oxygen atoms in total. The number of anilines is 1. The molecule has 1 heterocycles. The van der Waals surface area contributed by atoms with Gasteiger partial charge in [-0.1, -0.05) is 11.6 Å². The second-order valence-electron chi connectivity index (χ2n) is 6.61. The fourth-order valence-electron chi connectivity index (χ4n) is 3.29. The Labute approximate surface area is 151 Å². The minimum atomic E-state index is -0.815. The Morgan fingerprint density at radius 2 is 1.81 bits per heavy atom. The topological polar surface area (TPSA) is 52.6 Å². The first-order valence-corrected chi connectivity index (χ1v) is 8.76. The zero-order valence-corrected chi connectivity index (χ0v) is 14.7. The number of carbonyl (C=O) groups excluding carboxylic acids is 1. The summed E-state index contributed by atoms with van der Waals surface area (Å²) < 4.78 is 27.5. The molecule has 2 aromatic carbocycles. The molecule has 1 fully saturated rings. The molecule has 2 aromatic rings. The van der Waals surface area contributed by atoms with Crippen LogP contribution in [0.25, 0.3) is 0 Å². The predicted octanol–water partition coefficient (Wildman–Crippen LogP) is 3.55. The molecule has 26 heavy (non-hydrogen) atoms. The van der Waals surface area contributed by atoms with Crippen LogP contribution in [-0.2, 0) is 6.42 Å². The van der Waals surface area contributed by atoms with E-state index >= 15 is 0 Å². The van der Waals surface area contributed by atoms with Crippen LogP contribution in [0, 0.1) is 18.6 Å². The van der Waals surface area contributed by atoms with Gasteiger partial charge in [0.1, 0.15) is 17.4 Å². The third-order valence-corrected chi connectivity index (χ3v) is 4.63. The van der Waals surface area contributed by atoms with Crippen molar-refractivity contribution in [3.63, 3.8) is 0 Å². The number of phenols is 1. The lowest BCUT2D eigenvalue weighted by Gasteiger charge is -2.21. The van der Waals surface area contributed by atoms with Crippen LogP contribution < -0.4 is 10.2 Å². The molecule has 3 rings (SSSR count). The molecule has 0 unspecified atom stereocenters. The van der Waals surface area contributed by atoms with Crippen LogP contribution >= 0.6 is 0 Å². The quantitative estimate of drug-likeness (QED) is 0.857. The minimum Gasteiger partial charge on any atom is -0.508 e. The van der Waals surface area contributed by atoms with Gasteiger partial charge in [0.25, 0.3) is 5.91 Å². The Morgan fingerprint density at radius 1 is 1.15 bits per heavy atom. The van der Waals surface area contributed by atoms with Crippen LogP contribution in [-0.4, -0.2) is 30.6 Å². The zero-order valence-electron chi connectivity index (χ0n) is 14.7. The molecule has 0 atom stereocenters. The van der Waals surface area contributed by atoms with Crippen LogP contribution in [0.4, 0.5) is 14.5 Å². The van der Waals surface area contributed by atoms with E-state index in [1.54, 1.807) is 0 Å². The molecule has 0 spiro atoms. The van der Waals surface area contributed by atoms with Gasteiger partial charge in [-0.15, -0.1) is 0 Å². The van der Waals surface area contributed by atoms with Crippen molar-refractivity contribution in [3.8, 4) is 5.75 Å². The summed E-state index contributed by atoms with van der Waals surface area (Å²) in [6.45, 7) is 3.87. The van der Waals surface area contributed by atoms with E-state index in [1.807, 2.05) is 25.1 Å². The minimum absolute atomic E-state index is 0.00848. The second kappa shape index (κ2) is 7.72. The van der Waals surface area contributed by atoms with E-state index < -0.39 is 17.4 Å². The van der Waals surface area contributed by atoms with Crippen molar-refractivity contribution in [1.82, 2.24) is 5.32 Å². The van der Waals surface area contributed by atoms with Gasteiger partial charge in [0.05, 0.1) is 5.56 Å². The second-order valence-corrected chi connectivity index (χ2v) is 6.61. The van der Waals surface area contributed by atoms with Gasteiger partial charge in [-0.25, -0.2) is 8.78 Å². The summed E-state index contributed by atoms with van der Waals surface area (Å²) >= 11 is 0. The number of carbonyl (C=O) groups is 1. The number of amides is 1.